The van der Waals surface area contributed by atoms with Gasteiger partial charge in [-0.2, -0.15) is 0 Å². The number of carbonyl (C=O) groups excluding carboxylic acids is 4. The third-order valence-corrected chi connectivity index (χ3v) is 18.7. The van der Waals surface area contributed by atoms with Crippen LogP contribution in [0.5, 0.6) is 0 Å². The van der Waals surface area contributed by atoms with Gasteiger partial charge in [-0.05, 0) is 49.4 Å². The van der Waals surface area contributed by atoms with Gasteiger partial charge in [-0.25, -0.2) is 9.13 Å². The largest absolute Gasteiger partial charge is 0.472 e. The molecule has 17 nitrogen and oxygen atoms in total. The molecule has 0 bridgehead atoms. The number of rotatable bonds is 70. The normalized spacial score (nSPS) is 14.2. The van der Waals surface area contributed by atoms with Crippen molar-refractivity contribution in [3.63, 3.8) is 0 Å². The van der Waals surface area contributed by atoms with Gasteiger partial charge in [-0.1, -0.05) is 312 Å². The molecular weight excluding hydrogens is 1210 g/mol. The molecule has 0 aromatic heterocycles. The minimum Gasteiger partial charge on any atom is -0.462 e. The van der Waals surface area contributed by atoms with Crippen LogP contribution in [0.2, 0.25) is 0 Å². The minimum atomic E-state index is -4.96. The van der Waals surface area contributed by atoms with Crippen LogP contribution in [-0.4, -0.2) is 96.7 Å². The molecule has 19 heteroatoms. The molecule has 0 aliphatic rings. The SMILES string of the molecule is CC(C)CCCCCCCCCCCCCCCC(=O)OC[C@H](COP(=O)(O)OCC(O)COP(=O)(O)OC[C@@H](COC(=O)CCCCCCCCCC(C)C)OC(=O)CCCCCCCCCC(C)C)OC(=O)CCCCCCCCCCCCCCCC(C)C. The van der Waals surface area contributed by atoms with E-state index in [1.807, 2.05) is 0 Å². The number of hydrogen-bond donors (Lipinski definition) is 3. The summed E-state index contributed by atoms with van der Waals surface area (Å²) in [4.78, 5) is 72.6. The first-order valence-electron chi connectivity index (χ1n) is 37.7. The number of phosphoric ester groups is 2. The van der Waals surface area contributed by atoms with Gasteiger partial charge in [-0.3, -0.25) is 37.3 Å². The molecule has 0 fully saturated rings. The van der Waals surface area contributed by atoms with Crippen LogP contribution in [0.4, 0.5) is 0 Å². The van der Waals surface area contributed by atoms with Gasteiger partial charge in [0.25, 0.3) is 0 Å². The number of carbonyl (C=O) groups is 4. The minimum absolute atomic E-state index is 0.102. The van der Waals surface area contributed by atoms with Gasteiger partial charge >= 0.3 is 39.5 Å². The number of esters is 4. The summed E-state index contributed by atoms with van der Waals surface area (Å²) in [5.41, 5.74) is 0. The quantitative estimate of drug-likeness (QED) is 0.0222. The van der Waals surface area contributed by atoms with E-state index in [9.17, 15) is 43.2 Å². The Bertz CT molecular complexity index is 1820. The van der Waals surface area contributed by atoms with Crippen LogP contribution in [0.3, 0.4) is 0 Å². The molecule has 5 atom stereocenters. The summed E-state index contributed by atoms with van der Waals surface area (Å²) in [6.45, 7) is 14.1. The van der Waals surface area contributed by atoms with E-state index in [1.54, 1.807) is 0 Å². The van der Waals surface area contributed by atoms with E-state index in [1.165, 1.54) is 161 Å². The fourth-order valence-electron chi connectivity index (χ4n) is 11.0. The Hall–Kier alpha value is -1.94. The average Bonchev–Trinajstić information content (AvgIpc) is 2.45. The average molecular weight is 1350 g/mol. The smallest absolute Gasteiger partial charge is 0.462 e. The van der Waals surface area contributed by atoms with Gasteiger partial charge in [-0.15, -0.1) is 0 Å². The summed E-state index contributed by atoms with van der Waals surface area (Å²) in [5.74, 6) is 0.851. The Kier molecular flexibility index (Phi) is 61.3. The summed E-state index contributed by atoms with van der Waals surface area (Å²) in [6, 6.07) is 0. The zero-order valence-electron chi connectivity index (χ0n) is 60.2. The molecule has 0 radical (unpaired) electrons. The zero-order valence-corrected chi connectivity index (χ0v) is 62.0. The van der Waals surface area contributed by atoms with Gasteiger partial charge in [0.05, 0.1) is 26.4 Å². The van der Waals surface area contributed by atoms with E-state index in [-0.39, 0.29) is 25.7 Å². The van der Waals surface area contributed by atoms with E-state index in [2.05, 4.69) is 55.4 Å². The van der Waals surface area contributed by atoms with Gasteiger partial charge in [0, 0.05) is 25.7 Å². The maximum atomic E-state index is 13.1. The lowest BCUT2D eigenvalue weighted by Gasteiger charge is -2.21. The maximum absolute atomic E-state index is 13.1. The van der Waals surface area contributed by atoms with Crippen molar-refractivity contribution < 1.29 is 80.2 Å². The Labute approximate surface area is 562 Å². The first-order valence-corrected chi connectivity index (χ1v) is 40.7. The van der Waals surface area contributed by atoms with Gasteiger partial charge in [0.15, 0.2) is 12.2 Å². The zero-order chi connectivity index (χ0) is 68.2. The first-order chi connectivity index (χ1) is 44.1. The van der Waals surface area contributed by atoms with E-state index >= 15 is 0 Å². The molecule has 0 saturated heterocycles. The number of aliphatic hydroxyl groups is 1. The molecule has 0 amide bonds. The lowest BCUT2D eigenvalue weighted by molar-refractivity contribution is -0.161. The Morgan fingerprint density at radius 1 is 0.272 bits per heavy atom. The van der Waals surface area contributed by atoms with Crippen molar-refractivity contribution in [2.24, 2.45) is 23.7 Å². The van der Waals surface area contributed by atoms with Crippen LogP contribution < -0.4 is 0 Å². The first kappa shape index (κ1) is 90.1. The molecule has 0 aliphatic carbocycles. The number of phosphoric acid groups is 2. The van der Waals surface area contributed by atoms with E-state index in [0.717, 1.165) is 108 Å². The molecule has 0 spiro atoms. The van der Waals surface area contributed by atoms with Crippen molar-refractivity contribution >= 4 is 39.5 Å². The molecule has 0 heterocycles. The van der Waals surface area contributed by atoms with Crippen molar-refractivity contribution in [1.29, 1.82) is 0 Å². The monoisotopic (exact) mass is 1350 g/mol. The highest BCUT2D eigenvalue weighted by atomic mass is 31.2. The van der Waals surface area contributed by atoms with Crippen molar-refractivity contribution in [2.75, 3.05) is 39.6 Å². The molecule has 3 unspecified atom stereocenters. The molecule has 0 aromatic rings. The highest BCUT2D eigenvalue weighted by molar-refractivity contribution is 7.47. The standard InChI is InChI=1S/C73H142O17P2/c1-63(2)49-41-33-25-19-15-11-9-13-17-21-29-37-45-53-70(75)83-59-68(89-72(77)55-47-39-30-22-18-14-10-12-16-20-26-34-42-50-64(3)4)61-87-91(79,80)85-57-67(74)58-86-92(81,82)88-62-69(90-73(78)56-48-40-32-24-28-36-44-52-66(7)8)60-84-71(76)54-46-38-31-23-27-35-43-51-65(5)6/h63-69,74H,9-62H2,1-8H3,(H,79,80)(H,81,82)/t67?,68-,69-/m1/s1. The summed E-state index contributed by atoms with van der Waals surface area (Å²) in [7, 11) is -9.91. The molecule has 0 aromatic carbocycles. The number of ether oxygens (including phenoxy) is 4. The molecule has 0 saturated carbocycles. The fraction of sp³-hybridized carbons (Fsp3) is 0.945. The highest BCUT2D eigenvalue weighted by Gasteiger charge is 2.30. The Morgan fingerprint density at radius 3 is 0.674 bits per heavy atom. The maximum Gasteiger partial charge on any atom is 0.472 e. The second kappa shape index (κ2) is 62.6. The van der Waals surface area contributed by atoms with Crippen LogP contribution in [0.15, 0.2) is 0 Å². The molecule has 0 rings (SSSR count). The van der Waals surface area contributed by atoms with E-state index in [0.29, 0.717) is 37.5 Å². The summed E-state index contributed by atoms with van der Waals surface area (Å²) >= 11 is 0. The molecular formula is C73H142O17P2. The molecule has 546 valence electrons. The van der Waals surface area contributed by atoms with Crippen molar-refractivity contribution in [3.05, 3.63) is 0 Å². The number of hydrogen-bond acceptors (Lipinski definition) is 15. The topological polar surface area (TPSA) is 237 Å². The van der Waals surface area contributed by atoms with Gasteiger partial charge < -0.3 is 33.8 Å². The van der Waals surface area contributed by atoms with Crippen LogP contribution in [-0.2, 0) is 65.4 Å². The van der Waals surface area contributed by atoms with Gasteiger partial charge in [0.1, 0.15) is 19.3 Å². The van der Waals surface area contributed by atoms with E-state index in [4.69, 9.17) is 37.0 Å². The van der Waals surface area contributed by atoms with Gasteiger partial charge in [0.2, 0.25) is 0 Å². The second-order valence-electron chi connectivity index (χ2n) is 28.2. The highest BCUT2D eigenvalue weighted by Crippen LogP contribution is 2.45. The molecule has 3 N–H and O–H groups in total. The number of aliphatic hydroxyl groups excluding tert-OH is 1. The third kappa shape index (κ3) is 66.7. The third-order valence-electron chi connectivity index (χ3n) is 16.8. The van der Waals surface area contributed by atoms with Crippen molar-refractivity contribution in [2.45, 2.75) is 382 Å². The Morgan fingerprint density at radius 2 is 0.457 bits per heavy atom. The summed E-state index contributed by atoms with van der Waals surface area (Å²) in [5, 5.41) is 10.6. The summed E-state index contributed by atoms with van der Waals surface area (Å²) < 4.78 is 68.4. The van der Waals surface area contributed by atoms with Crippen molar-refractivity contribution in [3.8, 4) is 0 Å². The van der Waals surface area contributed by atoms with Crippen LogP contribution in [0.1, 0.15) is 364 Å². The Balaban J connectivity index is 5.24. The summed E-state index contributed by atoms with van der Waals surface area (Å²) in [6.07, 6.45) is 46.0. The predicted octanol–water partition coefficient (Wildman–Crippen LogP) is 20.9. The lowest BCUT2D eigenvalue weighted by Crippen LogP contribution is -2.30. The lowest BCUT2D eigenvalue weighted by atomic mass is 10.0. The number of unbranched alkanes of at least 4 members (excludes halogenated alkanes) is 36. The molecule has 92 heavy (non-hydrogen) atoms. The fourth-order valence-corrected chi connectivity index (χ4v) is 12.6. The van der Waals surface area contributed by atoms with Crippen LogP contribution in [0.25, 0.3) is 0 Å². The van der Waals surface area contributed by atoms with Crippen LogP contribution in [0, 0.1) is 23.7 Å². The van der Waals surface area contributed by atoms with Crippen molar-refractivity contribution in [1.82, 2.24) is 0 Å². The van der Waals surface area contributed by atoms with Crippen LogP contribution >= 0.6 is 15.6 Å². The predicted molar refractivity (Wildman–Crippen MR) is 372 cm³/mol. The molecule has 0 aliphatic heterocycles. The van der Waals surface area contributed by atoms with E-state index < -0.39 is 97.5 Å². The second-order valence-corrected chi connectivity index (χ2v) is 31.1.